The number of hydrogen-bond donors (Lipinski definition) is 2. The number of carbonyl (C=O) groups excluding carboxylic acids is 1. The van der Waals surface area contributed by atoms with Gasteiger partial charge in [-0.1, -0.05) is 6.07 Å². The number of nitrogens with two attached hydrogens (primary N) is 1. The van der Waals surface area contributed by atoms with E-state index >= 15 is 0 Å². The normalized spacial score (nSPS) is 11.8. The van der Waals surface area contributed by atoms with E-state index in [0.717, 1.165) is 4.88 Å². The van der Waals surface area contributed by atoms with E-state index in [0.29, 0.717) is 5.69 Å². The molecule has 1 heterocycles. The van der Waals surface area contributed by atoms with Crippen LogP contribution in [0.4, 0.5) is 11.4 Å². The lowest BCUT2D eigenvalue weighted by atomic mass is 10.1. The van der Waals surface area contributed by atoms with Gasteiger partial charge < -0.3 is 11.1 Å². The minimum absolute atomic E-state index is 0.0619. The predicted octanol–water partition coefficient (Wildman–Crippen LogP) is 2.93. The van der Waals surface area contributed by atoms with E-state index in [1.165, 1.54) is 18.2 Å². The van der Waals surface area contributed by atoms with Crippen LogP contribution in [0.5, 0.6) is 0 Å². The first-order valence-electron chi connectivity index (χ1n) is 5.87. The summed E-state index contributed by atoms with van der Waals surface area (Å²) in [5.41, 5.74) is 5.45. The van der Waals surface area contributed by atoms with Crippen LogP contribution in [0.1, 0.15) is 28.2 Å². The van der Waals surface area contributed by atoms with E-state index < -0.39 is 10.8 Å². The highest BCUT2D eigenvalue weighted by Crippen LogP contribution is 2.30. The number of hydrogen-bond acceptors (Lipinski definition) is 5. The molecule has 7 heteroatoms. The standard InChI is InChI=1S/C13H13N3O3S/c1-8(12-3-2-6-20-12)15-10-5-4-9(13(14)17)7-11(10)16(18)19/h2-8,15H,1H3,(H2,14,17)/t8-/m0/s1. The number of nitro groups is 1. The Hall–Kier alpha value is -2.41. The molecule has 1 aromatic carbocycles. The van der Waals surface area contributed by atoms with Crippen LogP contribution in [0, 0.1) is 10.1 Å². The fourth-order valence-corrected chi connectivity index (χ4v) is 2.53. The van der Waals surface area contributed by atoms with Gasteiger partial charge >= 0.3 is 0 Å². The van der Waals surface area contributed by atoms with E-state index in [1.54, 1.807) is 11.3 Å². The number of anilines is 1. The Balaban J connectivity index is 2.31. The summed E-state index contributed by atoms with van der Waals surface area (Å²) in [5, 5.41) is 16.1. The van der Waals surface area contributed by atoms with Crippen LogP contribution in [-0.4, -0.2) is 10.8 Å². The Morgan fingerprint density at radius 2 is 2.20 bits per heavy atom. The predicted molar refractivity (Wildman–Crippen MR) is 78.0 cm³/mol. The van der Waals surface area contributed by atoms with Crippen LogP contribution in [0.15, 0.2) is 35.7 Å². The van der Waals surface area contributed by atoms with E-state index in [4.69, 9.17) is 5.73 Å². The molecule has 1 aromatic heterocycles. The van der Waals surface area contributed by atoms with Gasteiger partial charge in [-0.2, -0.15) is 0 Å². The smallest absolute Gasteiger partial charge is 0.293 e. The molecule has 3 N–H and O–H groups in total. The maximum Gasteiger partial charge on any atom is 0.293 e. The molecule has 0 aliphatic carbocycles. The molecule has 2 rings (SSSR count). The Kier molecular flexibility index (Phi) is 3.99. The number of primary amides is 1. The summed E-state index contributed by atoms with van der Waals surface area (Å²) in [6.45, 7) is 1.91. The minimum atomic E-state index is -0.689. The van der Waals surface area contributed by atoms with Gasteiger partial charge in [0.1, 0.15) is 5.69 Å². The molecule has 0 bridgehead atoms. The van der Waals surface area contributed by atoms with E-state index in [9.17, 15) is 14.9 Å². The highest BCUT2D eigenvalue weighted by atomic mass is 32.1. The van der Waals surface area contributed by atoms with Crippen molar-refractivity contribution in [1.82, 2.24) is 0 Å². The van der Waals surface area contributed by atoms with Crippen LogP contribution in [-0.2, 0) is 0 Å². The summed E-state index contributed by atoms with van der Waals surface area (Å²) in [6.07, 6.45) is 0. The second-order valence-corrected chi connectivity index (χ2v) is 5.21. The van der Waals surface area contributed by atoms with Gasteiger partial charge in [-0.3, -0.25) is 14.9 Å². The maximum absolute atomic E-state index is 11.1. The lowest BCUT2D eigenvalue weighted by Crippen LogP contribution is -2.12. The zero-order chi connectivity index (χ0) is 14.7. The van der Waals surface area contributed by atoms with Gasteiger partial charge in [0.15, 0.2) is 0 Å². The van der Waals surface area contributed by atoms with Crippen LogP contribution in [0.25, 0.3) is 0 Å². The summed E-state index contributed by atoms with van der Waals surface area (Å²) >= 11 is 1.57. The zero-order valence-electron chi connectivity index (χ0n) is 10.7. The summed E-state index contributed by atoms with van der Waals surface area (Å²) in [7, 11) is 0. The SMILES string of the molecule is C[C@H](Nc1ccc(C(N)=O)cc1[N+](=O)[O-])c1cccs1. The van der Waals surface area contributed by atoms with Crippen molar-refractivity contribution >= 4 is 28.6 Å². The van der Waals surface area contributed by atoms with Gasteiger partial charge in [-0.25, -0.2) is 0 Å². The van der Waals surface area contributed by atoms with E-state index in [-0.39, 0.29) is 17.3 Å². The number of nitro benzene ring substituents is 1. The van der Waals surface area contributed by atoms with Gasteiger partial charge in [0, 0.05) is 16.5 Å². The molecule has 0 fully saturated rings. The largest absolute Gasteiger partial charge is 0.372 e. The third-order valence-electron chi connectivity index (χ3n) is 2.82. The third kappa shape index (κ3) is 2.94. The van der Waals surface area contributed by atoms with Crippen molar-refractivity contribution in [2.45, 2.75) is 13.0 Å². The third-order valence-corrected chi connectivity index (χ3v) is 3.88. The molecule has 0 unspecified atom stereocenters. The number of rotatable bonds is 5. The summed E-state index contributed by atoms with van der Waals surface area (Å²) < 4.78 is 0. The lowest BCUT2D eigenvalue weighted by Gasteiger charge is -2.14. The van der Waals surface area contributed by atoms with Gasteiger partial charge in [-0.15, -0.1) is 11.3 Å². The molecule has 0 saturated carbocycles. The topological polar surface area (TPSA) is 98.3 Å². The number of carbonyl (C=O) groups is 1. The van der Waals surface area contributed by atoms with Crippen LogP contribution < -0.4 is 11.1 Å². The number of nitrogens with zero attached hydrogens (tertiary/aromatic N) is 1. The average molecular weight is 291 g/mol. The fourth-order valence-electron chi connectivity index (χ4n) is 1.80. The molecular weight excluding hydrogens is 278 g/mol. The Morgan fingerprint density at radius 1 is 1.45 bits per heavy atom. The molecular formula is C13H13N3O3S. The molecule has 1 amide bonds. The molecule has 20 heavy (non-hydrogen) atoms. The van der Waals surface area contributed by atoms with Crippen molar-refractivity contribution in [3.63, 3.8) is 0 Å². The van der Waals surface area contributed by atoms with Crippen LogP contribution in [0.3, 0.4) is 0 Å². The number of nitrogens with one attached hydrogen (secondary N) is 1. The summed E-state index contributed by atoms with van der Waals surface area (Å²) in [5.74, 6) is -0.689. The van der Waals surface area contributed by atoms with Crippen molar-refractivity contribution in [3.8, 4) is 0 Å². The summed E-state index contributed by atoms with van der Waals surface area (Å²) in [6, 6.07) is 7.97. The van der Waals surface area contributed by atoms with Crippen LogP contribution in [0.2, 0.25) is 0 Å². The Morgan fingerprint density at radius 3 is 2.75 bits per heavy atom. The molecule has 0 aliphatic heterocycles. The molecule has 1 atom stereocenters. The van der Waals surface area contributed by atoms with Crippen molar-refractivity contribution in [2.75, 3.05) is 5.32 Å². The molecule has 2 aromatic rings. The molecule has 0 saturated heterocycles. The van der Waals surface area contributed by atoms with Crippen molar-refractivity contribution in [3.05, 3.63) is 56.3 Å². The molecule has 0 spiro atoms. The van der Waals surface area contributed by atoms with Gasteiger partial charge in [0.25, 0.3) is 5.69 Å². The van der Waals surface area contributed by atoms with E-state index in [2.05, 4.69) is 5.32 Å². The van der Waals surface area contributed by atoms with Crippen molar-refractivity contribution < 1.29 is 9.72 Å². The quantitative estimate of drug-likeness (QED) is 0.653. The Bertz CT molecular complexity index is 640. The number of thiophene rings is 1. The molecule has 104 valence electrons. The maximum atomic E-state index is 11.1. The zero-order valence-corrected chi connectivity index (χ0v) is 11.5. The monoisotopic (exact) mass is 291 g/mol. The van der Waals surface area contributed by atoms with Gasteiger partial charge in [-0.05, 0) is 30.5 Å². The van der Waals surface area contributed by atoms with E-state index in [1.807, 2.05) is 24.4 Å². The first kappa shape index (κ1) is 14.0. The van der Waals surface area contributed by atoms with Crippen LogP contribution >= 0.6 is 11.3 Å². The molecule has 0 radical (unpaired) electrons. The van der Waals surface area contributed by atoms with Crippen molar-refractivity contribution in [1.29, 1.82) is 0 Å². The average Bonchev–Trinajstić information content (AvgIpc) is 2.92. The first-order valence-corrected chi connectivity index (χ1v) is 6.75. The molecule has 0 aliphatic rings. The lowest BCUT2D eigenvalue weighted by molar-refractivity contribution is -0.384. The van der Waals surface area contributed by atoms with Crippen molar-refractivity contribution in [2.24, 2.45) is 5.73 Å². The van der Waals surface area contributed by atoms with Gasteiger partial charge in [0.2, 0.25) is 5.91 Å². The Labute approximate surface area is 119 Å². The highest BCUT2D eigenvalue weighted by molar-refractivity contribution is 7.10. The second-order valence-electron chi connectivity index (χ2n) is 4.23. The highest BCUT2D eigenvalue weighted by Gasteiger charge is 2.18. The second kappa shape index (κ2) is 5.70. The number of amides is 1. The first-order chi connectivity index (χ1) is 9.49. The number of benzene rings is 1. The molecule has 6 nitrogen and oxygen atoms in total. The fraction of sp³-hybridized carbons (Fsp3) is 0.154. The minimum Gasteiger partial charge on any atom is -0.372 e. The van der Waals surface area contributed by atoms with Gasteiger partial charge in [0.05, 0.1) is 11.0 Å². The summed E-state index contributed by atoms with van der Waals surface area (Å²) in [4.78, 5) is 22.7.